The van der Waals surface area contributed by atoms with Crippen molar-refractivity contribution in [1.29, 1.82) is 0 Å². The number of morpholine rings is 1. The highest BCUT2D eigenvalue weighted by Crippen LogP contribution is 2.20. The van der Waals surface area contributed by atoms with Crippen LogP contribution in [-0.2, 0) is 23.8 Å². The number of carbonyl (C=O) groups is 3. The summed E-state index contributed by atoms with van der Waals surface area (Å²) in [5.41, 5.74) is -0.577. The van der Waals surface area contributed by atoms with Crippen LogP contribution in [0.1, 0.15) is 40.5 Å². The van der Waals surface area contributed by atoms with Gasteiger partial charge in [0, 0.05) is 26.2 Å². The van der Waals surface area contributed by atoms with Gasteiger partial charge in [0.2, 0.25) is 0 Å². The average molecular weight is 370 g/mol. The van der Waals surface area contributed by atoms with Gasteiger partial charge in [-0.25, -0.2) is 4.79 Å². The third kappa shape index (κ3) is 6.16. The molecule has 0 aromatic carbocycles. The number of carbonyl (C=O) groups excluding carboxylic acids is 3. The first-order chi connectivity index (χ1) is 12.2. The van der Waals surface area contributed by atoms with Crippen molar-refractivity contribution in [1.82, 2.24) is 9.80 Å². The van der Waals surface area contributed by atoms with Crippen molar-refractivity contribution >= 4 is 18.0 Å². The number of rotatable bonds is 3. The highest BCUT2D eigenvalue weighted by atomic mass is 16.6. The summed E-state index contributed by atoms with van der Waals surface area (Å²) < 4.78 is 16.0. The van der Waals surface area contributed by atoms with Crippen LogP contribution in [-0.4, -0.2) is 78.9 Å². The predicted octanol–water partition coefficient (Wildman–Crippen LogP) is 1.42. The Morgan fingerprint density at radius 1 is 1.12 bits per heavy atom. The van der Waals surface area contributed by atoms with E-state index in [1.54, 1.807) is 25.7 Å². The number of piperidine rings is 1. The van der Waals surface area contributed by atoms with Crippen molar-refractivity contribution in [3.8, 4) is 0 Å². The molecule has 148 valence electrons. The van der Waals surface area contributed by atoms with Crippen LogP contribution < -0.4 is 0 Å². The van der Waals surface area contributed by atoms with E-state index in [9.17, 15) is 14.4 Å². The molecule has 2 fully saturated rings. The van der Waals surface area contributed by atoms with E-state index < -0.39 is 23.6 Å². The molecule has 0 spiro atoms. The smallest absolute Gasteiger partial charge is 0.410 e. The van der Waals surface area contributed by atoms with Gasteiger partial charge in [-0.3, -0.25) is 9.59 Å². The summed E-state index contributed by atoms with van der Waals surface area (Å²) >= 11 is 0. The first-order valence-electron chi connectivity index (χ1n) is 9.19. The minimum Gasteiger partial charge on any atom is -0.455 e. The normalized spacial score (nSPS) is 24.2. The van der Waals surface area contributed by atoms with Crippen LogP contribution >= 0.6 is 0 Å². The SMILES string of the molecule is CC1CN(C(=O)COC(=O)C2CCCN(C(=O)OC(C)(C)C)C2)CCO1. The summed E-state index contributed by atoms with van der Waals surface area (Å²) in [4.78, 5) is 39.8. The van der Waals surface area contributed by atoms with Gasteiger partial charge in [0.05, 0.1) is 18.6 Å². The fourth-order valence-corrected chi connectivity index (χ4v) is 3.05. The molecule has 0 radical (unpaired) electrons. The molecule has 0 N–H and O–H groups in total. The van der Waals surface area contributed by atoms with Crippen LogP contribution in [0.2, 0.25) is 0 Å². The van der Waals surface area contributed by atoms with Gasteiger partial charge in [0.15, 0.2) is 6.61 Å². The van der Waals surface area contributed by atoms with Crippen LogP contribution in [0.5, 0.6) is 0 Å². The Bertz CT molecular complexity index is 530. The third-order valence-electron chi connectivity index (χ3n) is 4.34. The average Bonchev–Trinajstić information content (AvgIpc) is 2.58. The van der Waals surface area contributed by atoms with Crippen molar-refractivity contribution in [2.24, 2.45) is 5.92 Å². The summed E-state index contributed by atoms with van der Waals surface area (Å²) in [5.74, 6) is -1.08. The minimum atomic E-state index is -0.577. The Hall–Kier alpha value is -1.83. The highest BCUT2D eigenvalue weighted by Gasteiger charge is 2.32. The van der Waals surface area contributed by atoms with Crippen molar-refractivity contribution in [3.63, 3.8) is 0 Å². The molecular formula is C18H30N2O6. The lowest BCUT2D eigenvalue weighted by Gasteiger charge is -2.33. The van der Waals surface area contributed by atoms with Gasteiger partial charge >= 0.3 is 12.1 Å². The van der Waals surface area contributed by atoms with Crippen molar-refractivity contribution < 1.29 is 28.6 Å². The summed E-state index contributed by atoms with van der Waals surface area (Å²) in [6, 6.07) is 0. The molecule has 0 bridgehead atoms. The zero-order valence-electron chi connectivity index (χ0n) is 16.2. The van der Waals surface area contributed by atoms with E-state index in [0.717, 1.165) is 0 Å². The maximum Gasteiger partial charge on any atom is 0.410 e. The van der Waals surface area contributed by atoms with Crippen molar-refractivity contribution in [3.05, 3.63) is 0 Å². The maximum atomic E-state index is 12.3. The molecule has 2 aliphatic heterocycles. The zero-order valence-corrected chi connectivity index (χ0v) is 16.2. The van der Waals surface area contributed by atoms with E-state index in [2.05, 4.69) is 0 Å². The molecule has 0 aromatic heterocycles. The van der Waals surface area contributed by atoms with Crippen molar-refractivity contribution in [2.45, 2.75) is 52.2 Å². The quantitative estimate of drug-likeness (QED) is 0.699. The second kappa shape index (κ2) is 8.70. The van der Waals surface area contributed by atoms with Gasteiger partial charge in [0.1, 0.15) is 5.60 Å². The Labute approximate surface area is 154 Å². The largest absolute Gasteiger partial charge is 0.455 e. The van der Waals surface area contributed by atoms with Crippen molar-refractivity contribution in [2.75, 3.05) is 39.4 Å². The van der Waals surface area contributed by atoms with Crippen LogP contribution in [0.3, 0.4) is 0 Å². The number of nitrogens with zero attached hydrogens (tertiary/aromatic N) is 2. The topological polar surface area (TPSA) is 85.4 Å². The first-order valence-corrected chi connectivity index (χ1v) is 9.19. The molecule has 8 nitrogen and oxygen atoms in total. The molecule has 2 atom stereocenters. The summed E-state index contributed by atoms with van der Waals surface area (Å²) in [5, 5.41) is 0. The van der Waals surface area contributed by atoms with Crippen LogP contribution in [0.4, 0.5) is 4.79 Å². The lowest BCUT2D eigenvalue weighted by Crippen LogP contribution is -2.47. The predicted molar refractivity (Wildman–Crippen MR) is 93.5 cm³/mol. The zero-order chi connectivity index (χ0) is 19.3. The number of esters is 1. The molecule has 2 heterocycles. The molecule has 2 saturated heterocycles. The molecule has 8 heteroatoms. The second-order valence-electron chi connectivity index (χ2n) is 7.89. The van der Waals surface area contributed by atoms with E-state index in [1.165, 1.54) is 4.90 Å². The fourth-order valence-electron chi connectivity index (χ4n) is 3.05. The molecule has 0 aliphatic carbocycles. The van der Waals surface area contributed by atoms with E-state index in [4.69, 9.17) is 14.2 Å². The minimum absolute atomic E-state index is 0.0101. The summed E-state index contributed by atoms with van der Waals surface area (Å²) in [6.07, 6.45) is 0.909. The lowest BCUT2D eigenvalue weighted by atomic mass is 9.98. The van der Waals surface area contributed by atoms with Gasteiger partial charge in [-0.05, 0) is 40.5 Å². The number of likely N-dealkylation sites (tertiary alicyclic amines) is 1. The Morgan fingerprint density at radius 3 is 2.50 bits per heavy atom. The number of hydrogen-bond donors (Lipinski definition) is 0. The molecule has 2 unspecified atom stereocenters. The monoisotopic (exact) mass is 370 g/mol. The van der Waals surface area contributed by atoms with E-state index in [-0.39, 0.29) is 25.2 Å². The Kier molecular flexibility index (Phi) is 6.86. The van der Waals surface area contributed by atoms with Gasteiger partial charge in [-0.15, -0.1) is 0 Å². The lowest BCUT2D eigenvalue weighted by molar-refractivity contribution is -0.159. The van der Waals surface area contributed by atoms with Crippen LogP contribution in [0.25, 0.3) is 0 Å². The molecular weight excluding hydrogens is 340 g/mol. The Balaban J connectivity index is 1.79. The molecule has 2 rings (SSSR count). The Morgan fingerprint density at radius 2 is 1.85 bits per heavy atom. The highest BCUT2D eigenvalue weighted by molar-refractivity contribution is 5.82. The molecule has 0 saturated carbocycles. The van der Waals surface area contributed by atoms with Gasteiger partial charge < -0.3 is 24.0 Å². The van der Waals surface area contributed by atoms with E-state index >= 15 is 0 Å². The molecule has 26 heavy (non-hydrogen) atoms. The molecule has 2 amide bonds. The number of hydrogen-bond acceptors (Lipinski definition) is 6. The summed E-state index contributed by atoms with van der Waals surface area (Å²) in [6.45, 7) is 9.38. The standard InChI is InChI=1S/C18H30N2O6/c1-13-10-19(8-9-24-13)15(21)12-25-16(22)14-6-5-7-20(11-14)17(23)26-18(2,3)4/h13-14H,5-12H2,1-4H3. The van der Waals surface area contributed by atoms with Gasteiger partial charge in [-0.1, -0.05) is 0 Å². The molecule has 0 aromatic rings. The van der Waals surface area contributed by atoms with E-state index in [0.29, 0.717) is 39.1 Å². The summed E-state index contributed by atoms with van der Waals surface area (Å²) in [7, 11) is 0. The van der Waals surface area contributed by atoms with E-state index in [1.807, 2.05) is 6.92 Å². The van der Waals surface area contributed by atoms with Crippen LogP contribution in [0, 0.1) is 5.92 Å². The third-order valence-corrected chi connectivity index (χ3v) is 4.34. The van der Waals surface area contributed by atoms with Gasteiger partial charge in [-0.2, -0.15) is 0 Å². The van der Waals surface area contributed by atoms with Gasteiger partial charge in [0.25, 0.3) is 5.91 Å². The second-order valence-corrected chi connectivity index (χ2v) is 7.89. The number of amides is 2. The maximum absolute atomic E-state index is 12.3. The fraction of sp³-hybridized carbons (Fsp3) is 0.833. The van der Waals surface area contributed by atoms with Crippen LogP contribution in [0.15, 0.2) is 0 Å². The number of ether oxygens (including phenoxy) is 3. The molecule has 2 aliphatic rings. The first kappa shape index (κ1) is 20.5.